The van der Waals surface area contributed by atoms with Crippen molar-refractivity contribution < 1.29 is 19.0 Å². The van der Waals surface area contributed by atoms with E-state index in [1.165, 1.54) is 38.5 Å². The highest BCUT2D eigenvalue weighted by Gasteiger charge is 2.51. The largest absolute Gasteiger partial charge is 0.438 e. The monoisotopic (exact) mass is 268 g/mol. The molecule has 0 spiro atoms. The summed E-state index contributed by atoms with van der Waals surface area (Å²) in [6.45, 7) is 3.25. The van der Waals surface area contributed by atoms with Gasteiger partial charge in [-0.25, -0.2) is 0 Å². The molecule has 4 saturated carbocycles. The summed E-state index contributed by atoms with van der Waals surface area (Å²) >= 11 is 0. The average molecular weight is 268 g/mol. The summed E-state index contributed by atoms with van der Waals surface area (Å²) in [4.78, 5) is 10.1. The number of ether oxygens (including phenoxy) is 3. The van der Waals surface area contributed by atoms with Crippen molar-refractivity contribution in [2.24, 2.45) is 17.8 Å². The van der Waals surface area contributed by atoms with Crippen molar-refractivity contribution in [2.75, 3.05) is 13.2 Å². The van der Waals surface area contributed by atoms with Gasteiger partial charge in [-0.2, -0.15) is 0 Å². The summed E-state index contributed by atoms with van der Waals surface area (Å²) in [7, 11) is 0. The van der Waals surface area contributed by atoms with Crippen LogP contribution in [0.5, 0.6) is 0 Å². The van der Waals surface area contributed by atoms with E-state index in [1.807, 2.05) is 0 Å². The van der Waals surface area contributed by atoms with Crippen molar-refractivity contribution in [2.45, 2.75) is 57.3 Å². The first kappa shape index (κ1) is 13.4. The first-order valence-electron chi connectivity index (χ1n) is 7.54. The molecule has 108 valence electrons. The summed E-state index contributed by atoms with van der Waals surface area (Å²) in [5.41, 5.74) is 0.146. The van der Waals surface area contributed by atoms with Gasteiger partial charge >= 0.3 is 0 Å². The fourth-order valence-electron chi connectivity index (χ4n) is 4.80. The molecule has 0 N–H and O–H groups in total. The molecule has 0 aromatic carbocycles. The molecule has 0 aromatic rings. The van der Waals surface area contributed by atoms with Crippen molar-refractivity contribution in [3.05, 3.63) is 0 Å². The van der Waals surface area contributed by atoms with Crippen LogP contribution in [0, 0.1) is 17.8 Å². The Balaban J connectivity index is 1.44. The quantitative estimate of drug-likeness (QED) is 0.404. The van der Waals surface area contributed by atoms with Crippen LogP contribution in [-0.2, 0) is 19.0 Å². The molecule has 4 heteroatoms. The molecular weight excluding hydrogens is 244 g/mol. The van der Waals surface area contributed by atoms with Crippen LogP contribution < -0.4 is 0 Å². The van der Waals surface area contributed by atoms with Crippen molar-refractivity contribution in [3.8, 4) is 0 Å². The van der Waals surface area contributed by atoms with E-state index in [9.17, 15) is 4.79 Å². The molecule has 19 heavy (non-hydrogen) atoms. The topological polar surface area (TPSA) is 44.8 Å². The van der Waals surface area contributed by atoms with E-state index in [2.05, 4.69) is 4.74 Å². The molecule has 4 rings (SSSR count). The minimum atomic E-state index is -0.475. The van der Waals surface area contributed by atoms with Gasteiger partial charge in [-0.3, -0.25) is 4.79 Å². The SMILES string of the molecule is CC(OC=O)OCCOC12CC3CC(CC(C3)C1)C2. The molecule has 0 amide bonds. The van der Waals surface area contributed by atoms with Crippen LogP contribution in [0.1, 0.15) is 45.4 Å². The highest BCUT2D eigenvalue weighted by Crippen LogP contribution is 2.57. The number of hydrogen-bond acceptors (Lipinski definition) is 4. The highest BCUT2D eigenvalue weighted by atomic mass is 16.7. The van der Waals surface area contributed by atoms with Crippen LogP contribution in [0.25, 0.3) is 0 Å². The molecule has 0 heterocycles. The van der Waals surface area contributed by atoms with E-state index in [-0.39, 0.29) is 5.60 Å². The Morgan fingerprint density at radius 1 is 1.11 bits per heavy atom. The Hall–Kier alpha value is -0.610. The molecule has 1 unspecified atom stereocenters. The van der Waals surface area contributed by atoms with Crippen LogP contribution in [-0.4, -0.2) is 31.6 Å². The van der Waals surface area contributed by atoms with Gasteiger partial charge in [-0.1, -0.05) is 0 Å². The zero-order chi connectivity index (χ0) is 13.3. The number of carbonyl (C=O) groups excluding carboxylic acids is 1. The van der Waals surface area contributed by atoms with Gasteiger partial charge in [-0.15, -0.1) is 0 Å². The van der Waals surface area contributed by atoms with Crippen LogP contribution in [0.3, 0.4) is 0 Å². The molecule has 4 aliphatic rings. The van der Waals surface area contributed by atoms with Gasteiger partial charge in [0, 0.05) is 0 Å². The molecule has 0 saturated heterocycles. The lowest BCUT2D eigenvalue weighted by atomic mass is 9.54. The summed E-state index contributed by atoms with van der Waals surface area (Å²) < 4.78 is 16.2. The minimum absolute atomic E-state index is 0.146. The van der Waals surface area contributed by atoms with Crippen LogP contribution in [0.2, 0.25) is 0 Å². The molecule has 1 atom stereocenters. The summed E-state index contributed by atoms with van der Waals surface area (Å²) in [5.74, 6) is 2.72. The third-order valence-corrected chi connectivity index (χ3v) is 5.07. The van der Waals surface area contributed by atoms with E-state index < -0.39 is 6.29 Å². The van der Waals surface area contributed by atoms with Crippen molar-refractivity contribution in [1.29, 1.82) is 0 Å². The van der Waals surface area contributed by atoms with Crippen LogP contribution >= 0.6 is 0 Å². The number of rotatable bonds is 7. The molecular formula is C15H24O4. The van der Waals surface area contributed by atoms with Crippen molar-refractivity contribution >= 4 is 6.47 Å². The standard InChI is InChI=1S/C15H24O4/c1-11(18-10-16)17-2-3-19-15-7-12-4-13(8-15)6-14(5-12)9-15/h10-14H,2-9H2,1H3. The predicted octanol–water partition coefficient (Wildman–Crippen LogP) is 2.51. The zero-order valence-electron chi connectivity index (χ0n) is 11.7. The predicted molar refractivity (Wildman–Crippen MR) is 69.4 cm³/mol. The smallest absolute Gasteiger partial charge is 0.295 e. The molecule has 4 aliphatic carbocycles. The minimum Gasteiger partial charge on any atom is -0.438 e. The lowest BCUT2D eigenvalue weighted by Crippen LogP contribution is -2.52. The van der Waals surface area contributed by atoms with Crippen LogP contribution in [0.15, 0.2) is 0 Å². The third kappa shape index (κ3) is 2.95. The van der Waals surface area contributed by atoms with Gasteiger partial charge < -0.3 is 14.2 Å². The van der Waals surface area contributed by atoms with E-state index in [0.717, 1.165) is 17.8 Å². The zero-order valence-corrected chi connectivity index (χ0v) is 11.7. The Morgan fingerprint density at radius 3 is 2.21 bits per heavy atom. The van der Waals surface area contributed by atoms with Gasteiger partial charge in [0.2, 0.25) is 0 Å². The van der Waals surface area contributed by atoms with Gasteiger partial charge in [0.25, 0.3) is 6.47 Å². The second kappa shape index (κ2) is 5.41. The molecule has 4 fully saturated rings. The summed E-state index contributed by atoms with van der Waals surface area (Å²) in [6.07, 6.45) is 7.58. The van der Waals surface area contributed by atoms with E-state index in [1.54, 1.807) is 6.92 Å². The first-order valence-corrected chi connectivity index (χ1v) is 7.54. The van der Waals surface area contributed by atoms with Gasteiger partial charge in [0.05, 0.1) is 18.8 Å². The third-order valence-electron chi connectivity index (χ3n) is 5.07. The summed E-state index contributed by atoms with van der Waals surface area (Å²) in [5, 5.41) is 0. The highest BCUT2D eigenvalue weighted by molar-refractivity contribution is 5.37. The second-order valence-corrected chi connectivity index (χ2v) is 6.62. The van der Waals surface area contributed by atoms with Crippen molar-refractivity contribution in [3.63, 3.8) is 0 Å². The first-order chi connectivity index (χ1) is 9.19. The van der Waals surface area contributed by atoms with Gasteiger partial charge in [-0.05, 0) is 63.2 Å². The lowest BCUT2D eigenvalue weighted by Gasteiger charge is -2.56. The fourth-order valence-corrected chi connectivity index (χ4v) is 4.80. The molecule has 4 nitrogen and oxygen atoms in total. The van der Waals surface area contributed by atoms with Crippen LogP contribution in [0.4, 0.5) is 0 Å². The van der Waals surface area contributed by atoms with E-state index in [0.29, 0.717) is 19.7 Å². The molecule has 0 radical (unpaired) electrons. The van der Waals surface area contributed by atoms with Gasteiger partial charge in [0.1, 0.15) is 0 Å². The maximum atomic E-state index is 10.1. The van der Waals surface area contributed by atoms with Gasteiger partial charge in [0.15, 0.2) is 6.29 Å². The number of carbonyl (C=O) groups is 1. The summed E-state index contributed by atoms with van der Waals surface area (Å²) in [6, 6.07) is 0. The Bertz CT molecular complexity index is 293. The Morgan fingerprint density at radius 2 is 1.68 bits per heavy atom. The maximum absolute atomic E-state index is 10.1. The Labute approximate surface area is 114 Å². The number of hydrogen-bond donors (Lipinski definition) is 0. The van der Waals surface area contributed by atoms with E-state index in [4.69, 9.17) is 9.47 Å². The van der Waals surface area contributed by atoms with E-state index >= 15 is 0 Å². The normalized spacial score (nSPS) is 41.2. The lowest BCUT2D eigenvalue weighted by molar-refractivity contribution is -0.187. The second-order valence-electron chi connectivity index (χ2n) is 6.62. The molecule has 0 aliphatic heterocycles. The molecule has 0 aromatic heterocycles. The average Bonchev–Trinajstić information content (AvgIpc) is 2.33. The van der Waals surface area contributed by atoms with Crippen molar-refractivity contribution in [1.82, 2.24) is 0 Å². The molecule has 4 bridgehead atoms. The fraction of sp³-hybridized carbons (Fsp3) is 0.933. The maximum Gasteiger partial charge on any atom is 0.295 e. The Kier molecular flexibility index (Phi) is 3.81.